The van der Waals surface area contributed by atoms with Crippen molar-refractivity contribution in [1.29, 1.82) is 0 Å². The number of anilines is 2. The van der Waals surface area contributed by atoms with Gasteiger partial charge in [0.1, 0.15) is 5.82 Å². The third-order valence-electron chi connectivity index (χ3n) is 4.11. The smallest absolute Gasteiger partial charge is 0.257 e. The Morgan fingerprint density at radius 2 is 1.75 bits per heavy atom. The van der Waals surface area contributed by atoms with Crippen molar-refractivity contribution in [1.82, 2.24) is 19.8 Å². The predicted molar refractivity (Wildman–Crippen MR) is 89.7 cm³/mol. The maximum atomic E-state index is 12.9. The second-order valence-electron chi connectivity index (χ2n) is 5.65. The van der Waals surface area contributed by atoms with Crippen molar-refractivity contribution in [2.24, 2.45) is 0 Å². The molecule has 2 aromatic rings. The summed E-state index contributed by atoms with van der Waals surface area (Å²) in [6.45, 7) is 6.37. The van der Waals surface area contributed by atoms with Gasteiger partial charge in [-0.1, -0.05) is 6.92 Å². The summed E-state index contributed by atoms with van der Waals surface area (Å²) >= 11 is 0. The topological polar surface area (TPSA) is 61.4 Å². The van der Waals surface area contributed by atoms with E-state index in [1.54, 1.807) is 12.1 Å². The minimum absolute atomic E-state index is 0.0425. The number of carbonyl (C=O) groups is 1. The number of hydrogen-bond donors (Lipinski definition) is 1. The van der Waals surface area contributed by atoms with Crippen molar-refractivity contribution < 1.29 is 9.18 Å². The molecule has 0 atom stereocenters. The first-order chi connectivity index (χ1) is 11.7. The highest BCUT2D eigenvalue weighted by atomic mass is 19.1. The largest absolute Gasteiger partial charge is 0.336 e. The van der Waals surface area contributed by atoms with Crippen LogP contribution in [0.25, 0.3) is 0 Å². The average Bonchev–Trinajstić information content (AvgIpc) is 2.64. The van der Waals surface area contributed by atoms with Crippen LogP contribution in [0.3, 0.4) is 0 Å². The number of halogens is 1. The van der Waals surface area contributed by atoms with Crippen LogP contribution in [-0.4, -0.2) is 58.4 Å². The highest BCUT2D eigenvalue weighted by Crippen LogP contribution is 2.14. The summed E-state index contributed by atoms with van der Waals surface area (Å²) in [5, 5.41) is 2.97. The van der Waals surface area contributed by atoms with Crippen LogP contribution in [-0.2, 0) is 0 Å². The fourth-order valence-corrected chi connectivity index (χ4v) is 2.62. The van der Waals surface area contributed by atoms with Crippen molar-refractivity contribution >= 4 is 17.5 Å². The summed E-state index contributed by atoms with van der Waals surface area (Å²) in [6.07, 6.45) is 3.04. The standard InChI is InChI=1S/C17H20FN5O/c1-2-22-7-9-23(10-8-22)16(24)13-11-19-17(20-12-13)21-15-5-3-14(18)4-6-15/h3-6,11-12H,2,7-10H2,1H3,(H,19,20,21). The molecule has 1 N–H and O–H groups in total. The Morgan fingerprint density at radius 3 is 2.33 bits per heavy atom. The van der Waals surface area contributed by atoms with Gasteiger partial charge in [-0.05, 0) is 30.8 Å². The van der Waals surface area contributed by atoms with Crippen LogP contribution >= 0.6 is 0 Å². The van der Waals surface area contributed by atoms with Crippen molar-refractivity contribution in [2.75, 3.05) is 38.0 Å². The summed E-state index contributed by atoms with van der Waals surface area (Å²) in [4.78, 5) is 25.0. The van der Waals surface area contributed by atoms with Crippen molar-refractivity contribution in [2.45, 2.75) is 6.92 Å². The van der Waals surface area contributed by atoms with Crippen LogP contribution in [0.4, 0.5) is 16.0 Å². The molecule has 0 spiro atoms. The van der Waals surface area contributed by atoms with Gasteiger partial charge in [-0.25, -0.2) is 14.4 Å². The first-order valence-corrected chi connectivity index (χ1v) is 8.02. The van der Waals surface area contributed by atoms with Crippen molar-refractivity contribution in [3.8, 4) is 0 Å². The molecule has 1 saturated heterocycles. The minimum Gasteiger partial charge on any atom is -0.336 e. The maximum absolute atomic E-state index is 12.9. The predicted octanol–water partition coefficient (Wildman–Crippen LogP) is 2.14. The van der Waals surface area contributed by atoms with Gasteiger partial charge >= 0.3 is 0 Å². The lowest BCUT2D eigenvalue weighted by Crippen LogP contribution is -2.48. The Labute approximate surface area is 140 Å². The van der Waals surface area contributed by atoms with E-state index in [9.17, 15) is 9.18 Å². The number of hydrogen-bond acceptors (Lipinski definition) is 5. The van der Waals surface area contributed by atoms with Crippen LogP contribution in [0.15, 0.2) is 36.7 Å². The summed E-state index contributed by atoms with van der Waals surface area (Å²) in [7, 11) is 0. The molecular weight excluding hydrogens is 309 g/mol. The molecule has 1 aromatic heterocycles. The highest BCUT2D eigenvalue weighted by Gasteiger charge is 2.21. The Hall–Kier alpha value is -2.54. The normalized spacial score (nSPS) is 15.3. The molecule has 24 heavy (non-hydrogen) atoms. The highest BCUT2D eigenvalue weighted by molar-refractivity contribution is 5.93. The molecule has 1 aliphatic rings. The number of benzene rings is 1. The van der Waals surface area contributed by atoms with E-state index in [4.69, 9.17) is 0 Å². The van der Waals surface area contributed by atoms with Gasteiger partial charge in [-0.3, -0.25) is 4.79 Å². The van der Waals surface area contributed by atoms with Crippen molar-refractivity contribution in [3.05, 3.63) is 48.0 Å². The van der Waals surface area contributed by atoms with Gasteiger partial charge in [0.25, 0.3) is 5.91 Å². The molecular formula is C17H20FN5O. The van der Waals surface area contributed by atoms with E-state index in [0.29, 0.717) is 17.2 Å². The number of aromatic nitrogens is 2. The van der Waals surface area contributed by atoms with E-state index < -0.39 is 0 Å². The Kier molecular flexibility index (Phi) is 5.00. The number of likely N-dealkylation sites (N-methyl/N-ethyl adjacent to an activating group) is 1. The zero-order valence-corrected chi connectivity index (χ0v) is 13.6. The maximum Gasteiger partial charge on any atom is 0.257 e. The lowest BCUT2D eigenvalue weighted by atomic mass is 10.2. The number of piperazine rings is 1. The van der Waals surface area contributed by atoms with Gasteiger partial charge in [0.2, 0.25) is 5.95 Å². The van der Waals surface area contributed by atoms with E-state index in [-0.39, 0.29) is 11.7 Å². The van der Waals surface area contributed by atoms with Gasteiger partial charge in [-0.15, -0.1) is 0 Å². The second kappa shape index (κ2) is 7.35. The molecule has 7 heteroatoms. The van der Waals surface area contributed by atoms with Crippen LogP contribution in [0.5, 0.6) is 0 Å². The van der Waals surface area contributed by atoms with Crippen LogP contribution in [0, 0.1) is 5.82 Å². The molecule has 1 aliphatic heterocycles. The number of nitrogens with one attached hydrogen (secondary N) is 1. The van der Waals surface area contributed by atoms with E-state index >= 15 is 0 Å². The van der Waals surface area contributed by atoms with Gasteiger partial charge in [0.05, 0.1) is 5.56 Å². The van der Waals surface area contributed by atoms with Gasteiger partial charge < -0.3 is 15.1 Å². The summed E-state index contributed by atoms with van der Waals surface area (Å²) in [6, 6.07) is 5.92. The second-order valence-corrected chi connectivity index (χ2v) is 5.65. The van der Waals surface area contributed by atoms with E-state index in [0.717, 1.165) is 32.7 Å². The molecule has 126 valence electrons. The van der Waals surface area contributed by atoms with Crippen LogP contribution in [0.1, 0.15) is 17.3 Å². The lowest BCUT2D eigenvalue weighted by molar-refractivity contribution is 0.0642. The Balaban J connectivity index is 1.61. The minimum atomic E-state index is -0.300. The molecule has 0 aliphatic carbocycles. The molecule has 1 aromatic carbocycles. The fraction of sp³-hybridized carbons (Fsp3) is 0.353. The Bertz CT molecular complexity index is 681. The fourth-order valence-electron chi connectivity index (χ4n) is 2.62. The van der Waals surface area contributed by atoms with Gasteiger partial charge in [-0.2, -0.15) is 0 Å². The number of nitrogens with zero attached hydrogens (tertiary/aromatic N) is 4. The monoisotopic (exact) mass is 329 g/mol. The molecule has 0 unspecified atom stereocenters. The van der Waals surface area contributed by atoms with Gasteiger partial charge in [0, 0.05) is 44.3 Å². The van der Waals surface area contributed by atoms with E-state index in [1.807, 2.05) is 4.90 Å². The number of rotatable bonds is 4. The lowest BCUT2D eigenvalue weighted by Gasteiger charge is -2.33. The number of amides is 1. The zero-order chi connectivity index (χ0) is 16.9. The molecule has 0 saturated carbocycles. The van der Waals surface area contributed by atoms with E-state index in [2.05, 4.69) is 27.1 Å². The first kappa shape index (κ1) is 16.3. The molecule has 1 amide bonds. The Morgan fingerprint density at radius 1 is 1.12 bits per heavy atom. The van der Waals surface area contributed by atoms with Gasteiger partial charge in [0.15, 0.2) is 0 Å². The summed E-state index contributed by atoms with van der Waals surface area (Å²) < 4.78 is 12.9. The number of carbonyl (C=O) groups excluding carboxylic acids is 1. The molecule has 0 bridgehead atoms. The quantitative estimate of drug-likeness (QED) is 0.931. The van der Waals surface area contributed by atoms with Crippen LogP contribution < -0.4 is 5.32 Å². The van der Waals surface area contributed by atoms with Crippen LogP contribution in [0.2, 0.25) is 0 Å². The first-order valence-electron chi connectivity index (χ1n) is 8.02. The van der Waals surface area contributed by atoms with E-state index in [1.165, 1.54) is 24.5 Å². The molecule has 3 rings (SSSR count). The molecule has 2 heterocycles. The summed E-state index contributed by atoms with van der Waals surface area (Å²) in [5.41, 5.74) is 1.16. The molecule has 1 fully saturated rings. The zero-order valence-electron chi connectivity index (χ0n) is 13.6. The average molecular weight is 329 g/mol. The molecule has 0 radical (unpaired) electrons. The molecule has 6 nitrogen and oxygen atoms in total. The third-order valence-corrected chi connectivity index (χ3v) is 4.11. The summed E-state index contributed by atoms with van der Waals surface area (Å²) in [5.74, 6) is 0.0265. The third kappa shape index (κ3) is 3.86. The van der Waals surface area contributed by atoms with Crippen molar-refractivity contribution in [3.63, 3.8) is 0 Å². The SMILES string of the molecule is CCN1CCN(C(=O)c2cnc(Nc3ccc(F)cc3)nc2)CC1.